The Morgan fingerprint density at radius 2 is 2.00 bits per heavy atom. The maximum Gasteiger partial charge on any atom is 0.176 e. The van der Waals surface area contributed by atoms with E-state index in [0.717, 1.165) is 0 Å². The molecule has 0 saturated heterocycles. The van der Waals surface area contributed by atoms with Gasteiger partial charge in [0.25, 0.3) is 0 Å². The summed E-state index contributed by atoms with van der Waals surface area (Å²) in [7, 11) is 0. The minimum atomic E-state index is -0.343. The molecule has 1 rings (SSSR count). The zero-order valence-corrected chi connectivity index (χ0v) is 9.69. The smallest absolute Gasteiger partial charge is 0.176 e. The van der Waals surface area contributed by atoms with Gasteiger partial charge in [-0.1, -0.05) is 15.9 Å². The lowest BCUT2D eigenvalue weighted by molar-refractivity contribution is 0.0990. The molecule has 1 aromatic rings. The highest BCUT2D eigenvalue weighted by atomic mass is 79.9. The van der Waals surface area contributed by atoms with Crippen molar-refractivity contribution in [3.05, 3.63) is 35.6 Å². The Balaban J connectivity index is 2.74. The molecule has 0 unspecified atom stereocenters. The van der Waals surface area contributed by atoms with E-state index in [4.69, 9.17) is 11.6 Å². The van der Waals surface area contributed by atoms with Crippen molar-refractivity contribution in [1.29, 1.82) is 0 Å². The number of ketones is 1. The van der Waals surface area contributed by atoms with Crippen molar-refractivity contribution in [3.8, 4) is 0 Å². The lowest BCUT2D eigenvalue weighted by atomic mass is 10.1. The number of benzene rings is 1. The van der Waals surface area contributed by atoms with E-state index in [0.29, 0.717) is 17.9 Å². The first-order valence-corrected chi connectivity index (χ1v) is 5.60. The van der Waals surface area contributed by atoms with Crippen molar-refractivity contribution in [1.82, 2.24) is 0 Å². The molecule has 0 spiro atoms. The lowest BCUT2D eigenvalue weighted by Crippen LogP contribution is -2.14. The van der Waals surface area contributed by atoms with E-state index in [1.165, 1.54) is 24.3 Å². The van der Waals surface area contributed by atoms with E-state index in [9.17, 15) is 9.18 Å². The van der Waals surface area contributed by atoms with Crippen molar-refractivity contribution in [3.63, 3.8) is 0 Å². The van der Waals surface area contributed by atoms with Gasteiger partial charge in [0, 0.05) is 11.4 Å². The Hall–Kier alpha value is -0.410. The number of Topliss-reactive ketones (excluding diaryl/α,β-unsaturated/α-hetero) is 1. The van der Waals surface area contributed by atoms with Crippen molar-refractivity contribution in [2.45, 2.75) is 11.2 Å². The maximum absolute atomic E-state index is 12.6. The summed E-state index contributed by atoms with van der Waals surface area (Å²) in [4.78, 5) is 11.3. The van der Waals surface area contributed by atoms with Gasteiger partial charge in [0.05, 0.1) is 4.83 Å². The summed E-state index contributed by atoms with van der Waals surface area (Å²) in [6.45, 7) is 0. The normalized spacial score (nSPS) is 12.5. The van der Waals surface area contributed by atoms with Gasteiger partial charge in [-0.25, -0.2) is 4.39 Å². The number of halogens is 3. The molecule has 0 aromatic heterocycles. The van der Waals surface area contributed by atoms with Crippen LogP contribution < -0.4 is 0 Å². The van der Waals surface area contributed by atoms with Crippen LogP contribution >= 0.6 is 27.5 Å². The minimum absolute atomic E-state index is 0.0642. The molecule has 0 aliphatic heterocycles. The van der Waals surface area contributed by atoms with Crippen LogP contribution in [0.2, 0.25) is 0 Å². The van der Waals surface area contributed by atoms with Crippen LogP contribution in [0.3, 0.4) is 0 Å². The van der Waals surface area contributed by atoms with Gasteiger partial charge in [-0.3, -0.25) is 4.79 Å². The Bertz CT molecular complexity index is 312. The summed E-state index contributed by atoms with van der Waals surface area (Å²) < 4.78 is 12.6. The molecular formula is C10H9BrClFO. The standard InChI is InChI=1S/C10H9BrClFO/c11-9(5-6-12)10(14)7-1-3-8(13)4-2-7/h1-4,9H,5-6H2/t9-/m1/s1. The van der Waals surface area contributed by atoms with Crippen molar-refractivity contribution < 1.29 is 9.18 Å². The quantitative estimate of drug-likeness (QED) is 0.610. The van der Waals surface area contributed by atoms with Crippen LogP contribution in [0.4, 0.5) is 4.39 Å². The second kappa shape index (κ2) is 5.47. The van der Waals surface area contributed by atoms with Gasteiger partial charge in [0.15, 0.2) is 5.78 Å². The van der Waals surface area contributed by atoms with E-state index in [2.05, 4.69) is 15.9 Å². The first kappa shape index (κ1) is 11.7. The highest BCUT2D eigenvalue weighted by molar-refractivity contribution is 9.10. The zero-order valence-electron chi connectivity index (χ0n) is 7.34. The predicted octanol–water partition coefficient (Wildman–Crippen LogP) is 3.40. The molecule has 14 heavy (non-hydrogen) atoms. The fraction of sp³-hybridized carbons (Fsp3) is 0.300. The van der Waals surface area contributed by atoms with E-state index < -0.39 is 0 Å². The summed E-state index contributed by atoms with van der Waals surface area (Å²) in [6.07, 6.45) is 0.567. The zero-order chi connectivity index (χ0) is 10.6. The van der Waals surface area contributed by atoms with Gasteiger partial charge in [0.1, 0.15) is 5.82 Å². The van der Waals surface area contributed by atoms with E-state index >= 15 is 0 Å². The summed E-state index contributed by atoms with van der Waals surface area (Å²) in [5.41, 5.74) is 0.499. The Labute approximate surface area is 95.4 Å². The molecular weight excluding hydrogens is 270 g/mol. The largest absolute Gasteiger partial charge is 0.293 e. The summed E-state index contributed by atoms with van der Waals surface area (Å²) in [5, 5.41) is 0. The maximum atomic E-state index is 12.6. The average Bonchev–Trinajstić information content (AvgIpc) is 2.18. The van der Waals surface area contributed by atoms with Crippen molar-refractivity contribution in [2.24, 2.45) is 0 Å². The second-order valence-electron chi connectivity index (χ2n) is 2.82. The van der Waals surface area contributed by atoms with Gasteiger partial charge in [-0.15, -0.1) is 11.6 Å². The molecule has 4 heteroatoms. The molecule has 0 heterocycles. The third-order valence-electron chi connectivity index (χ3n) is 1.78. The Kier molecular flexibility index (Phi) is 4.55. The molecule has 0 fully saturated rings. The molecule has 0 aliphatic rings. The van der Waals surface area contributed by atoms with E-state index in [1.807, 2.05) is 0 Å². The van der Waals surface area contributed by atoms with Gasteiger partial charge < -0.3 is 0 Å². The molecule has 1 atom stereocenters. The summed E-state index contributed by atoms with van der Waals surface area (Å²) in [6, 6.07) is 5.49. The van der Waals surface area contributed by atoms with Crippen LogP contribution in [-0.4, -0.2) is 16.5 Å². The molecule has 0 bridgehead atoms. The molecule has 1 nitrogen and oxygen atoms in total. The van der Waals surface area contributed by atoms with Crippen LogP contribution in [0.5, 0.6) is 0 Å². The molecule has 0 aliphatic carbocycles. The highest BCUT2D eigenvalue weighted by Crippen LogP contribution is 2.14. The van der Waals surface area contributed by atoms with Crippen LogP contribution in [0, 0.1) is 5.82 Å². The van der Waals surface area contributed by atoms with Gasteiger partial charge in [-0.2, -0.15) is 0 Å². The number of hydrogen-bond donors (Lipinski definition) is 0. The second-order valence-corrected chi connectivity index (χ2v) is 4.30. The first-order chi connectivity index (χ1) is 6.65. The fourth-order valence-electron chi connectivity index (χ4n) is 1.02. The molecule has 76 valence electrons. The summed E-state index contributed by atoms with van der Waals surface area (Å²) in [5.74, 6) is 0.0127. The Morgan fingerprint density at radius 3 is 2.50 bits per heavy atom. The number of alkyl halides is 2. The van der Waals surface area contributed by atoms with E-state index in [1.54, 1.807) is 0 Å². The van der Waals surface area contributed by atoms with Crippen LogP contribution in [0.15, 0.2) is 24.3 Å². The molecule has 0 radical (unpaired) electrons. The summed E-state index contributed by atoms with van der Waals surface area (Å²) >= 11 is 8.74. The monoisotopic (exact) mass is 278 g/mol. The topological polar surface area (TPSA) is 17.1 Å². The van der Waals surface area contributed by atoms with Gasteiger partial charge in [-0.05, 0) is 30.7 Å². The predicted molar refractivity (Wildman–Crippen MR) is 58.8 cm³/mol. The number of carbonyl (C=O) groups excluding carboxylic acids is 1. The lowest BCUT2D eigenvalue weighted by Gasteiger charge is -2.06. The van der Waals surface area contributed by atoms with Crippen LogP contribution in [-0.2, 0) is 0 Å². The van der Waals surface area contributed by atoms with Crippen LogP contribution in [0.25, 0.3) is 0 Å². The number of carbonyl (C=O) groups is 1. The van der Waals surface area contributed by atoms with Crippen molar-refractivity contribution >= 4 is 33.3 Å². The highest BCUT2D eigenvalue weighted by Gasteiger charge is 2.15. The first-order valence-electron chi connectivity index (χ1n) is 4.15. The third kappa shape index (κ3) is 3.07. The Morgan fingerprint density at radius 1 is 1.43 bits per heavy atom. The molecule has 1 aromatic carbocycles. The van der Waals surface area contributed by atoms with Crippen molar-refractivity contribution in [2.75, 3.05) is 5.88 Å². The molecule has 0 amide bonds. The fourth-order valence-corrected chi connectivity index (χ4v) is 2.00. The van der Waals surface area contributed by atoms with Crippen LogP contribution in [0.1, 0.15) is 16.8 Å². The average molecular weight is 280 g/mol. The SMILES string of the molecule is O=C(c1ccc(F)cc1)[C@H](Br)CCCl. The van der Waals surface area contributed by atoms with Gasteiger partial charge in [0.2, 0.25) is 0 Å². The number of hydrogen-bond acceptors (Lipinski definition) is 1. The molecule has 0 saturated carbocycles. The minimum Gasteiger partial charge on any atom is -0.293 e. The number of rotatable bonds is 4. The van der Waals surface area contributed by atoms with Gasteiger partial charge >= 0.3 is 0 Å². The molecule has 0 N–H and O–H groups in total. The third-order valence-corrected chi connectivity index (χ3v) is 2.87. The van der Waals surface area contributed by atoms with E-state index in [-0.39, 0.29) is 16.4 Å².